The fourth-order valence-corrected chi connectivity index (χ4v) is 3.35. The maximum absolute atomic E-state index is 13.1. The summed E-state index contributed by atoms with van der Waals surface area (Å²) in [5, 5.41) is 0. The fraction of sp³-hybridized carbons (Fsp3) is 0.250. The summed E-state index contributed by atoms with van der Waals surface area (Å²) < 4.78 is 6.80. The van der Waals surface area contributed by atoms with Crippen LogP contribution in [-0.2, 0) is 4.79 Å². The van der Waals surface area contributed by atoms with E-state index in [1.807, 2.05) is 60.5 Å². The molecule has 1 atom stereocenters. The molecule has 27 heavy (non-hydrogen) atoms. The van der Waals surface area contributed by atoms with Crippen molar-refractivity contribution in [3.63, 3.8) is 0 Å². The average Bonchev–Trinajstić information content (AvgIpc) is 2.68. The maximum Gasteiger partial charge on any atom is 0.269 e. The van der Waals surface area contributed by atoms with E-state index in [1.54, 1.807) is 11.8 Å². The lowest BCUT2D eigenvalue weighted by Crippen LogP contribution is -2.48. The minimum absolute atomic E-state index is 0.128. The molecule has 1 amide bonds. The summed E-state index contributed by atoms with van der Waals surface area (Å²) >= 11 is 3.40. The number of amides is 1. The molecule has 138 valence electrons. The molecule has 0 spiro atoms. The number of carbonyl (C=O) groups excluding carboxylic acids is 1. The Bertz CT molecular complexity index is 993. The van der Waals surface area contributed by atoms with Gasteiger partial charge in [-0.1, -0.05) is 28.1 Å². The van der Waals surface area contributed by atoms with Crippen molar-refractivity contribution in [2.24, 2.45) is 0 Å². The van der Waals surface area contributed by atoms with Crippen molar-refractivity contribution in [3.8, 4) is 5.75 Å². The minimum atomic E-state index is -0.629. The molecule has 0 saturated carbocycles. The molecule has 4 rings (SSSR count). The van der Waals surface area contributed by atoms with Gasteiger partial charge in [0.25, 0.3) is 5.91 Å². The number of hydrogen-bond acceptors (Lipinski definition) is 5. The highest BCUT2D eigenvalue weighted by Crippen LogP contribution is 2.31. The normalized spacial score (nSPS) is 14.8. The number of hydrogen-bond donors (Lipinski definition) is 0. The van der Waals surface area contributed by atoms with Crippen molar-refractivity contribution < 1.29 is 9.53 Å². The van der Waals surface area contributed by atoms with Gasteiger partial charge < -0.3 is 9.64 Å². The highest BCUT2D eigenvalue weighted by molar-refractivity contribution is 9.10. The summed E-state index contributed by atoms with van der Waals surface area (Å²) in [6, 6.07) is 15.1. The Morgan fingerprint density at radius 2 is 1.67 bits per heavy atom. The molecule has 3 aromatic rings. The van der Waals surface area contributed by atoms with Crippen molar-refractivity contribution in [1.29, 1.82) is 0 Å². The second kappa shape index (κ2) is 7.15. The van der Waals surface area contributed by atoms with E-state index in [4.69, 9.17) is 14.7 Å². The first-order valence-electron chi connectivity index (χ1n) is 8.74. The van der Waals surface area contributed by atoms with Crippen LogP contribution in [0.5, 0.6) is 5.75 Å². The van der Waals surface area contributed by atoms with Crippen LogP contribution in [0.4, 0.5) is 11.6 Å². The maximum atomic E-state index is 13.1. The van der Waals surface area contributed by atoms with Gasteiger partial charge in [-0.05, 0) is 43.3 Å². The summed E-state index contributed by atoms with van der Waals surface area (Å²) in [6.45, 7) is 3.00. The highest BCUT2D eigenvalue weighted by Gasteiger charge is 2.31. The first-order valence-corrected chi connectivity index (χ1v) is 9.54. The van der Waals surface area contributed by atoms with E-state index < -0.39 is 6.10 Å². The van der Waals surface area contributed by atoms with Gasteiger partial charge >= 0.3 is 0 Å². The van der Waals surface area contributed by atoms with Gasteiger partial charge in [-0.15, -0.1) is 0 Å². The number of nitrogens with zero attached hydrogens (tertiary/aromatic N) is 4. The molecule has 1 aliphatic heterocycles. The molecule has 2 aromatic carbocycles. The standard InChI is InChI=1S/C20H19BrN4O2/c1-13(27-15-9-7-14(21)8-10-15)20(26)25-12-11-24(2)18-19(25)23-17-6-4-3-5-16(17)22-18/h3-10,13H,11-12H2,1-2H3/t13-/m0/s1. The largest absolute Gasteiger partial charge is 0.481 e. The molecule has 0 unspecified atom stereocenters. The van der Waals surface area contributed by atoms with E-state index in [0.717, 1.165) is 15.5 Å². The van der Waals surface area contributed by atoms with Gasteiger partial charge in [0.1, 0.15) is 5.75 Å². The SMILES string of the molecule is C[C@H](Oc1ccc(Br)cc1)C(=O)N1CCN(C)c2nc3ccccc3nc21. The zero-order valence-corrected chi connectivity index (χ0v) is 16.7. The molecule has 0 fully saturated rings. The van der Waals surface area contributed by atoms with Crippen LogP contribution in [0, 0.1) is 0 Å². The summed E-state index contributed by atoms with van der Waals surface area (Å²) in [5.41, 5.74) is 1.59. The zero-order valence-electron chi connectivity index (χ0n) is 15.1. The summed E-state index contributed by atoms with van der Waals surface area (Å²) in [6.07, 6.45) is -0.629. The van der Waals surface area contributed by atoms with E-state index >= 15 is 0 Å². The molecular weight excluding hydrogens is 408 g/mol. The Hall–Kier alpha value is -2.67. The van der Waals surface area contributed by atoms with Crippen LogP contribution in [0.15, 0.2) is 53.0 Å². The van der Waals surface area contributed by atoms with E-state index in [1.165, 1.54) is 0 Å². The number of carbonyl (C=O) groups is 1. The van der Waals surface area contributed by atoms with Crippen LogP contribution in [0.3, 0.4) is 0 Å². The van der Waals surface area contributed by atoms with E-state index in [-0.39, 0.29) is 5.91 Å². The lowest BCUT2D eigenvalue weighted by Gasteiger charge is -2.34. The molecule has 1 aliphatic rings. The first kappa shape index (κ1) is 17.7. The van der Waals surface area contributed by atoms with Gasteiger partial charge in [0, 0.05) is 24.6 Å². The van der Waals surface area contributed by atoms with Gasteiger partial charge in [0.15, 0.2) is 17.7 Å². The van der Waals surface area contributed by atoms with Gasteiger partial charge in [-0.25, -0.2) is 9.97 Å². The van der Waals surface area contributed by atoms with Crippen LogP contribution in [-0.4, -0.2) is 42.1 Å². The smallest absolute Gasteiger partial charge is 0.269 e. The van der Waals surface area contributed by atoms with Crippen molar-refractivity contribution in [1.82, 2.24) is 9.97 Å². The van der Waals surface area contributed by atoms with Crippen molar-refractivity contribution in [3.05, 3.63) is 53.0 Å². The first-order chi connectivity index (χ1) is 13.0. The summed E-state index contributed by atoms with van der Waals surface area (Å²) in [5.74, 6) is 1.82. The molecule has 2 heterocycles. The molecule has 0 N–H and O–H groups in total. The molecular formula is C20H19BrN4O2. The Labute approximate surface area is 165 Å². The number of rotatable bonds is 3. The van der Waals surface area contributed by atoms with Gasteiger partial charge in [-0.3, -0.25) is 9.69 Å². The molecule has 0 saturated heterocycles. The van der Waals surface area contributed by atoms with Gasteiger partial charge in [-0.2, -0.15) is 0 Å². The number of para-hydroxylation sites is 2. The monoisotopic (exact) mass is 426 g/mol. The lowest BCUT2D eigenvalue weighted by atomic mass is 10.2. The number of fused-ring (bicyclic) bond motifs is 2. The second-order valence-electron chi connectivity index (χ2n) is 6.48. The van der Waals surface area contributed by atoms with Crippen LogP contribution < -0.4 is 14.5 Å². The van der Waals surface area contributed by atoms with Crippen LogP contribution in [0.1, 0.15) is 6.92 Å². The van der Waals surface area contributed by atoms with E-state index in [0.29, 0.717) is 30.5 Å². The van der Waals surface area contributed by atoms with Crippen molar-refractivity contribution in [2.45, 2.75) is 13.0 Å². The third-order valence-corrected chi connectivity index (χ3v) is 5.08. The van der Waals surface area contributed by atoms with Crippen LogP contribution in [0.2, 0.25) is 0 Å². The molecule has 1 aromatic heterocycles. The molecule has 6 nitrogen and oxygen atoms in total. The second-order valence-corrected chi connectivity index (χ2v) is 7.40. The minimum Gasteiger partial charge on any atom is -0.481 e. The molecule has 0 aliphatic carbocycles. The Kier molecular flexibility index (Phi) is 4.70. The third kappa shape index (κ3) is 3.47. The average molecular weight is 427 g/mol. The van der Waals surface area contributed by atoms with Crippen LogP contribution in [0.25, 0.3) is 11.0 Å². The predicted molar refractivity (Wildman–Crippen MR) is 109 cm³/mol. The Morgan fingerprint density at radius 3 is 2.33 bits per heavy atom. The highest BCUT2D eigenvalue weighted by atomic mass is 79.9. The Morgan fingerprint density at radius 1 is 1.04 bits per heavy atom. The summed E-state index contributed by atoms with van der Waals surface area (Å²) in [4.78, 5) is 26.2. The zero-order chi connectivity index (χ0) is 19.0. The molecule has 7 heteroatoms. The van der Waals surface area contributed by atoms with Crippen LogP contribution >= 0.6 is 15.9 Å². The quantitative estimate of drug-likeness (QED) is 0.639. The predicted octanol–water partition coefficient (Wildman–Crippen LogP) is 3.64. The molecule has 0 bridgehead atoms. The number of benzene rings is 2. The lowest BCUT2D eigenvalue weighted by molar-refractivity contribution is -0.124. The van der Waals surface area contributed by atoms with Gasteiger partial charge in [0.05, 0.1) is 11.0 Å². The van der Waals surface area contributed by atoms with Crippen molar-refractivity contribution >= 4 is 44.5 Å². The van der Waals surface area contributed by atoms with Gasteiger partial charge in [0.2, 0.25) is 0 Å². The molecule has 0 radical (unpaired) electrons. The number of anilines is 2. The summed E-state index contributed by atoms with van der Waals surface area (Å²) in [7, 11) is 1.96. The number of halogens is 1. The fourth-order valence-electron chi connectivity index (χ4n) is 3.08. The number of ether oxygens (including phenoxy) is 1. The van der Waals surface area contributed by atoms with E-state index in [2.05, 4.69) is 15.9 Å². The number of likely N-dealkylation sites (N-methyl/N-ethyl adjacent to an activating group) is 1. The topological polar surface area (TPSA) is 58.6 Å². The Balaban J connectivity index is 1.64. The van der Waals surface area contributed by atoms with E-state index in [9.17, 15) is 4.79 Å². The number of aromatic nitrogens is 2. The van der Waals surface area contributed by atoms with Crippen molar-refractivity contribution in [2.75, 3.05) is 29.9 Å². The third-order valence-electron chi connectivity index (χ3n) is 4.55.